The van der Waals surface area contributed by atoms with E-state index in [4.69, 9.17) is 16.6 Å². The van der Waals surface area contributed by atoms with Crippen molar-refractivity contribution in [2.45, 2.75) is 44.6 Å². The number of hydrogen-bond acceptors (Lipinski definition) is 6. The van der Waals surface area contributed by atoms with Crippen LogP contribution in [0, 0.1) is 6.92 Å². The third-order valence-corrected chi connectivity index (χ3v) is 9.69. The van der Waals surface area contributed by atoms with E-state index in [0.29, 0.717) is 42.6 Å². The molecule has 188 valence electrons. The van der Waals surface area contributed by atoms with Crippen LogP contribution in [0.15, 0.2) is 47.4 Å². The Morgan fingerprint density at radius 3 is 2.54 bits per heavy atom. The van der Waals surface area contributed by atoms with Crippen LogP contribution in [-0.4, -0.2) is 67.3 Å². The predicted molar refractivity (Wildman–Crippen MR) is 143 cm³/mol. The van der Waals surface area contributed by atoms with E-state index >= 15 is 0 Å². The monoisotopic (exact) mass is 534 g/mol. The summed E-state index contributed by atoms with van der Waals surface area (Å²) < 4.78 is 29.3. The van der Waals surface area contributed by atoms with Crippen LogP contribution >= 0.6 is 22.9 Å². The molecule has 1 unspecified atom stereocenters. The lowest BCUT2D eigenvalue weighted by molar-refractivity contribution is -0.121. The van der Waals surface area contributed by atoms with E-state index < -0.39 is 16.1 Å². The maximum atomic E-state index is 14.0. The number of carbonyl (C=O) groups is 1. The molecular formula is C25H31ClN4O3S2. The number of amides is 1. The van der Waals surface area contributed by atoms with Crippen molar-refractivity contribution in [3.8, 4) is 0 Å². The zero-order valence-corrected chi connectivity index (χ0v) is 22.7. The van der Waals surface area contributed by atoms with Gasteiger partial charge in [-0.15, -0.1) is 0 Å². The lowest BCUT2D eigenvalue weighted by Gasteiger charge is -2.30. The molecule has 1 aromatic heterocycles. The number of thiazole rings is 1. The van der Waals surface area contributed by atoms with Crippen LogP contribution in [0.2, 0.25) is 5.02 Å². The molecular weight excluding hydrogens is 504 g/mol. The Bertz CT molecular complexity index is 1290. The van der Waals surface area contributed by atoms with Crippen molar-refractivity contribution >= 4 is 54.2 Å². The van der Waals surface area contributed by atoms with Crippen molar-refractivity contribution in [2.24, 2.45) is 0 Å². The highest BCUT2D eigenvalue weighted by Gasteiger charge is 2.42. The van der Waals surface area contributed by atoms with E-state index in [2.05, 4.69) is 24.8 Å². The first-order chi connectivity index (χ1) is 16.7. The highest BCUT2D eigenvalue weighted by molar-refractivity contribution is 7.89. The number of benzene rings is 2. The maximum absolute atomic E-state index is 14.0. The van der Waals surface area contributed by atoms with Crippen LogP contribution in [0.3, 0.4) is 0 Å². The molecule has 0 N–H and O–H groups in total. The van der Waals surface area contributed by atoms with Gasteiger partial charge in [0.2, 0.25) is 15.9 Å². The summed E-state index contributed by atoms with van der Waals surface area (Å²) in [6.45, 7) is 9.40. The lowest BCUT2D eigenvalue weighted by atomic mass is 10.2. The number of likely N-dealkylation sites (N-methyl/N-ethyl adjacent to an activating group) is 1. The minimum Gasteiger partial charge on any atom is -0.302 e. The van der Waals surface area contributed by atoms with E-state index in [-0.39, 0.29) is 10.8 Å². The molecule has 0 bridgehead atoms. The minimum atomic E-state index is -3.84. The standard InChI is InChI=1S/C25H31ClN4O3S2/c1-4-28(5-2)15-16-29(25-27-21-13-8-18(3)17-23(21)34-25)24(31)22-7-6-14-30(22)35(32,33)20-11-9-19(26)10-12-20/h8-13,17,22H,4-7,14-16H2,1-3H3. The number of carbonyl (C=O) groups excluding carboxylic acids is 1. The minimum absolute atomic E-state index is 0.145. The molecule has 10 heteroatoms. The van der Waals surface area contributed by atoms with Gasteiger partial charge in [0.15, 0.2) is 5.13 Å². The first-order valence-electron chi connectivity index (χ1n) is 11.9. The topological polar surface area (TPSA) is 73.8 Å². The molecule has 4 rings (SSSR count). The largest absolute Gasteiger partial charge is 0.302 e. The number of sulfonamides is 1. The maximum Gasteiger partial charge on any atom is 0.247 e. The van der Waals surface area contributed by atoms with Crippen molar-refractivity contribution in [1.82, 2.24) is 14.2 Å². The molecule has 2 heterocycles. The second kappa shape index (κ2) is 10.9. The fourth-order valence-electron chi connectivity index (χ4n) is 4.41. The highest BCUT2D eigenvalue weighted by Crippen LogP contribution is 2.33. The Morgan fingerprint density at radius 2 is 1.86 bits per heavy atom. The van der Waals surface area contributed by atoms with Crippen LogP contribution in [0.1, 0.15) is 32.3 Å². The molecule has 35 heavy (non-hydrogen) atoms. The predicted octanol–water partition coefficient (Wildman–Crippen LogP) is 4.79. The van der Waals surface area contributed by atoms with Gasteiger partial charge in [-0.05, 0) is 74.8 Å². The van der Waals surface area contributed by atoms with Crippen molar-refractivity contribution in [1.29, 1.82) is 0 Å². The van der Waals surface area contributed by atoms with E-state index in [1.165, 1.54) is 27.8 Å². The lowest BCUT2D eigenvalue weighted by Crippen LogP contribution is -2.49. The number of aryl methyl sites for hydroxylation is 1. The third-order valence-electron chi connectivity index (χ3n) is 6.47. The summed E-state index contributed by atoms with van der Waals surface area (Å²) in [5, 5.41) is 1.07. The van der Waals surface area contributed by atoms with Gasteiger partial charge in [0.25, 0.3) is 0 Å². The van der Waals surface area contributed by atoms with E-state index in [1.54, 1.807) is 17.0 Å². The highest BCUT2D eigenvalue weighted by atomic mass is 35.5. The molecule has 0 spiro atoms. The van der Waals surface area contributed by atoms with Gasteiger partial charge in [0, 0.05) is 24.7 Å². The zero-order valence-electron chi connectivity index (χ0n) is 20.3. The van der Waals surface area contributed by atoms with E-state index in [0.717, 1.165) is 28.9 Å². The number of rotatable bonds is 9. The van der Waals surface area contributed by atoms with Crippen molar-refractivity contribution in [2.75, 3.05) is 37.6 Å². The first-order valence-corrected chi connectivity index (χ1v) is 14.6. The number of anilines is 1. The number of halogens is 1. The molecule has 1 atom stereocenters. The van der Waals surface area contributed by atoms with Gasteiger partial charge in [-0.25, -0.2) is 13.4 Å². The summed E-state index contributed by atoms with van der Waals surface area (Å²) in [7, 11) is -3.84. The normalized spacial score (nSPS) is 16.9. The van der Waals surface area contributed by atoms with Crippen molar-refractivity contribution in [3.63, 3.8) is 0 Å². The van der Waals surface area contributed by atoms with Gasteiger partial charge in [-0.2, -0.15) is 4.31 Å². The zero-order chi connectivity index (χ0) is 25.2. The average molecular weight is 535 g/mol. The molecule has 1 amide bonds. The second-order valence-corrected chi connectivity index (χ2v) is 12.0. The van der Waals surface area contributed by atoms with Crippen LogP contribution < -0.4 is 4.90 Å². The summed E-state index contributed by atoms with van der Waals surface area (Å²) in [6.07, 6.45) is 1.11. The quantitative estimate of drug-likeness (QED) is 0.395. The van der Waals surface area contributed by atoms with Gasteiger partial charge in [-0.1, -0.05) is 42.9 Å². The summed E-state index contributed by atoms with van der Waals surface area (Å²) in [6, 6.07) is 11.4. The second-order valence-electron chi connectivity index (χ2n) is 8.71. The van der Waals surface area contributed by atoms with Gasteiger partial charge in [0.05, 0.1) is 15.1 Å². The first kappa shape index (κ1) is 26.0. The van der Waals surface area contributed by atoms with Crippen molar-refractivity contribution < 1.29 is 13.2 Å². The number of hydrogen-bond donors (Lipinski definition) is 0. The van der Waals surface area contributed by atoms with E-state index in [1.807, 2.05) is 19.1 Å². The average Bonchev–Trinajstić information content (AvgIpc) is 3.49. The van der Waals surface area contributed by atoms with Crippen LogP contribution in [0.4, 0.5) is 5.13 Å². The Labute approximate surface area is 216 Å². The molecule has 0 aliphatic carbocycles. The summed E-state index contributed by atoms with van der Waals surface area (Å²) in [5.41, 5.74) is 1.97. The van der Waals surface area contributed by atoms with E-state index in [9.17, 15) is 13.2 Å². The Balaban J connectivity index is 1.67. The third kappa shape index (κ3) is 5.54. The SMILES string of the molecule is CCN(CC)CCN(C(=O)C1CCCN1S(=O)(=O)c1ccc(Cl)cc1)c1nc2ccc(C)cc2s1. The molecule has 1 saturated heterocycles. The van der Waals surface area contributed by atoms with Crippen molar-refractivity contribution in [3.05, 3.63) is 53.1 Å². The molecule has 1 aliphatic heterocycles. The fraction of sp³-hybridized carbons (Fsp3) is 0.440. The molecule has 2 aromatic carbocycles. The van der Waals surface area contributed by atoms with Crippen LogP contribution in [0.5, 0.6) is 0 Å². The molecule has 3 aromatic rings. The Kier molecular flexibility index (Phi) is 8.12. The number of nitrogens with zero attached hydrogens (tertiary/aromatic N) is 4. The summed E-state index contributed by atoms with van der Waals surface area (Å²) in [5.74, 6) is -0.219. The molecule has 7 nitrogen and oxygen atoms in total. The molecule has 1 fully saturated rings. The van der Waals surface area contributed by atoms with Crippen LogP contribution in [-0.2, 0) is 14.8 Å². The van der Waals surface area contributed by atoms with Gasteiger partial charge >= 0.3 is 0 Å². The van der Waals surface area contributed by atoms with Gasteiger partial charge in [-0.3, -0.25) is 9.69 Å². The Hall–Kier alpha value is -2.04. The fourth-order valence-corrected chi connectivity index (χ4v) is 7.29. The molecule has 0 radical (unpaired) electrons. The summed E-state index contributed by atoms with van der Waals surface area (Å²) in [4.78, 5) is 22.8. The van der Waals surface area contributed by atoms with Gasteiger partial charge in [0.1, 0.15) is 6.04 Å². The Morgan fingerprint density at radius 1 is 1.14 bits per heavy atom. The van der Waals surface area contributed by atoms with Crippen LogP contribution in [0.25, 0.3) is 10.2 Å². The van der Waals surface area contributed by atoms with Gasteiger partial charge < -0.3 is 4.90 Å². The molecule has 1 aliphatic rings. The smallest absolute Gasteiger partial charge is 0.247 e. The summed E-state index contributed by atoms with van der Waals surface area (Å²) >= 11 is 7.43. The number of aromatic nitrogens is 1. The molecule has 0 saturated carbocycles. The number of fused-ring (bicyclic) bond motifs is 1.